The van der Waals surface area contributed by atoms with Crippen molar-refractivity contribution in [1.82, 2.24) is 0 Å². The second kappa shape index (κ2) is 3.22. The number of hydrogen-bond donors (Lipinski definition) is 0. The molecule has 2 rings (SSSR count). The van der Waals surface area contributed by atoms with Crippen LogP contribution in [0.1, 0.15) is 0 Å². The van der Waals surface area contributed by atoms with Crippen molar-refractivity contribution < 1.29 is 9.47 Å². The molecule has 0 bridgehead atoms. The number of pyridine rings is 1. The molecule has 70 valence electrons. The maximum atomic E-state index is 11.5. The van der Waals surface area contributed by atoms with Gasteiger partial charge in [0.15, 0.2) is 6.20 Å². The zero-order valence-electron chi connectivity index (χ0n) is 8.15. The van der Waals surface area contributed by atoms with Crippen molar-refractivity contribution in [1.29, 1.82) is 0 Å². The molecule has 1 aromatic carbocycles. The Labute approximate surface area is 82.9 Å². The van der Waals surface area contributed by atoms with Crippen LogP contribution in [0, 0.1) is 5.21 Å². The minimum atomic E-state index is 0.634. The molecule has 0 radical (unpaired) electrons. The summed E-state index contributed by atoms with van der Waals surface area (Å²) in [4.78, 5) is 0. The summed E-state index contributed by atoms with van der Waals surface area (Å²) in [6.45, 7) is 0. The van der Waals surface area contributed by atoms with Gasteiger partial charge in [0, 0.05) is 5.39 Å². The lowest BCUT2D eigenvalue weighted by atomic mass is 9.97. The predicted octanol–water partition coefficient (Wildman–Crippen LogP) is -0.260. The summed E-state index contributed by atoms with van der Waals surface area (Å²) < 4.78 is 5.92. The van der Waals surface area contributed by atoms with E-state index in [1.165, 1.54) is 0 Å². The number of ether oxygens (including phenoxy) is 1. The molecule has 1 aromatic heterocycles. The van der Waals surface area contributed by atoms with E-state index in [1.807, 2.05) is 26.0 Å². The molecule has 0 aliphatic carbocycles. The van der Waals surface area contributed by atoms with Gasteiger partial charge in [0.1, 0.15) is 13.6 Å². The van der Waals surface area contributed by atoms with Gasteiger partial charge in [-0.2, -0.15) is 4.73 Å². The molecule has 2 aromatic rings. The molecular weight excluding hydrogens is 177 g/mol. The van der Waals surface area contributed by atoms with Crippen molar-refractivity contribution in [2.75, 3.05) is 7.11 Å². The molecule has 3 nitrogen and oxygen atoms in total. The Bertz CT molecular complexity index is 485. The largest absolute Gasteiger partial charge is 0.618 e. The first kappa shape index (κ1) is 8.87. The third-order valence-electron chi connectivity index (χ3n) is 2.18. The van der Waals surface area contributed by atoms with Crippen LogP contribution in [0.2, 0.25) is 0 Å². The average molecular weight is 187 g/mol. The summed E-state index contributed by atoms with van der Waals surface area (Å²) in [5, 5.41) is 12.5. The zero-order chi connectivity index (χ0) is 10.1. The minimum absolute atomic E-state index is 0.634. The second-order valence-electron chi connectivity index (χ2n) is 3.27. The maximum Gasteiger partial charge on any atom is 0.227 e. The normalized spacial score (nSPS) is 10.4. The number of methoxy groups -OCH3 is 1. The van der Waals surface area contributed by atoms with Crippen LogP contribution in [0.15, 0.2) is 30.5 Å². The van der Waals surface area contributed by atoms with Gasteiger partial charge in [0.2, 0.25) is 5.52 Å². The van der Waals surface area contributed by atoms with Gasteiger partial charge in [-0.25, -0.2) is 0 Å². The molecule has 0 amide bonds. The standard InChI is InChI=1S/C10H10BNO2/c1-14-9-3-2-7-4-8(11)6-12(13)10(7)5-9/h2-6H,11H2,1H3. The summed E-state index contributed by atoms with van der Waals surface area (Å²) in [6.07, 6.45) is 1.56. The summed E-state index contributed by atoms with van der Waals surface area (Å²) in [7, 11) is 3.49. The highest BCUT2D eigenvalue weighted by molar-refractivity contribution is 6.32. The zero-order valence-corrected chi connectivity index (χ0v) is 8.15. The van der Waals surface area contributed by atoms with Crippen molar-refractivity contribution in [3.8, 4) is 5.75 Å². The van der Waals surface area contributed by atoms with E-state index in [4.69, 9.17) is 4.74 Å². The van der Waals surface area contributed by atoms with Crippen LogP contribution in [0.4, 0.5) is 0 Å². The summed E-state index contributed by atoms with van der Waals surface area (Å²) >= 11 is 0. The van der Waals surface area contributed by atoms with Crippen LogP contribution in [0.5, 0.6) is 5.75 Å². The third-order valence-corrected chi connectivity index (χ3v) is 2.18. The molecule has 0 aliphatic rings. The molecule has 0 saturated carbocycles. The Balaban J connectivity index is 2.75. The SMILES string of the molecule is Bc1cc2ccc(OC)cc2[n+]([O-])c1. The van der Waals surface area contributed by atoms with Crippen LogP contribution in [0.3, 0.4) is 0 Å². The molecule has 0 atom stereocenters. The first-order chi connectivity index (χ1) is 6.70. The van der Waals surface area contributed by atoms with Gasteiger partial charge in [-0.05, 0) is 23.7 Å². The minimum Gasteiger partial charge on any atom is -0.618 e. The molecule has 4 heteroatoms. The van der Waals surface area contributed by atoms with Crippen molar-refractivity contribution in [2.45, 2.75) is 0 Å². The van der Waals surface area contributed by atoms with Gasteiger partial charge in [-0.1, -0.05) is 0 Å². The molecular formula is C10H10BNO2. The van der Waals surface area contributed by atoms with Gasteiger partial charge >= 0.3 is 0 Å². The monoisotopic (exact) mass is 187 g/mol. The van der Waals surface area contributed by atoms with Crippen molar-refractivity contribution >= 4 is 24.2 Å². The Morgan fingerprint density at radius 2 is 2.14 bits per heavy atom. The van der Waals surface area contributed by atoms with Crippen LogP contribution in [-0.4, -0.2) is 15.0 Å². The van der Waals surface area contributed by atoms with Crippen molar-refractivity contribution in [3.05, 3.63) is 35.7 Å². The Hall–Kier alpha value is -1.71. The Morgan fingerprint density at radius 1 is 1.36 bits per heavy atom. The van der Waals surface area contributed by atoms with Crippen molar-refractivity contribution in [3.63, 3.8) is 0 Å². The van der Waals surface area contributed by atoms with Gasteiger partial charge in [0.05, 0.1) is 13.2 Å². The molecule has 0 spiro atoms. The lowest BCUT2D eigenvalue weighted by Crippen LogP contribution is -2.31. The molecule has 0 N–H and O–H groups in total. The lowest BCUT2D eigenvalue weighted by Gasteiger charge is -2.04. The number of nitrogens with zero attached hydrogens (tertiary/aromatic N) is 1. The summed E-state index contributed by atoms with van der Waals surface area (Å²) in [5.74, 6) is 0.700. The molecule has 0 unspecified atom stereocenters. The summed E-state index contributed by atoms with van der Waals surface area (Å²) in [6, 6.07) is 7.45. The van der Waals surface area contributed by atoms with E-state index < -0.39 is 0 Å². The Kier molecular flexibility index (Phi) is 2.04. The molecule has 0 fully saturated rings. The fraction of sp³-hybridized carbons (Fsp3) is 0.100. The van der Waals surface area contributed by atoms with E-state index in [0.717, 1.165) is 15.6 Å². The molecule has 1 heterocycles. The van der Waals surface area contributed by atoms with E-state index in [1.54, 1.807) is 19.4 Å². The number of fused-ring (bicyclic) bond motifs is 1. The number of benzene rings is 1. The highest BCUT2D eigenvalue weighted by Gasteiger charge is 2.05. The highest BCUT2D eigenvalue weighted by Crippen LogP contribution is 2.16. The number of hydrogen-bond acceptors (Lipinski definition) is 2. The second-order valence-corrected chi connectivity index (χ2v) is 3.27. The van der Waals surface area contributed by atoms with E-state index >= 15 is 0 Å². The third kappa shape index (κ3) is 1.39. The van der Waals surface area contributed by atoms with Crippen LogP contribution in [0.25, 0.3) is 10.9 Å². The Morgan fingerprint density at radius 3 is 2.86 bits per heavy atom. The predicted molar refractivity (Wildman–Crippen MR) is 57.6 cm³/mol. The first-order valence-electron chi connectivity index (χ1n) is 4.38. The van der Waals surface area contributed by atoms with E-state index in [9.17, 15) is 5.21 Å². The van der Waals surface area contributed by atoms with Gasteiger partial charge in [0.25, 0.3) is 0 Å². The quantitative estimate of drug-likeness (QED) is 0.350. The van der Waals surface area contributed by atoms with Gasteiger partial charge < -0.3 is 9.94 Å². The number of aromatic nitrogens is 1. The van der Waals surface area contributed by atoms with Crippen LogP contribution >= 0.6 is 0 Å². The fourth-order valence-corrected chi connectivity index (χ4v) is 1.50. The fourth-order valence-electron chi connectivity index (χ4n) is 1.50. The molecule has 0 saturated heterocycles. The average Bonchev–Trinajstić information content (AvgIpc) is 2.17. The highest BCUT2D eigenvalue weighted by atomic mass is 16.5. The van der Waals surface area contributed by atoms with Crippen LogP contribution in [-0.2, 0) is 0 Å². The first-order valence-corrected chi connectivity index (χ1v) is 4.38. The number of rotatable bonds is 1. The summed E-state index contributed by atoms with van der Waals surface area (Å²) in [5.41, 5.74) is 1.59. The molecule has 0 aliphatic heterocycles. The lowest BCUT2D eigenvalue weighted by molar-refractivity contribution is -0.576. The van der Waals surface area contributed by atoms with Gasteiger partial charge in [-0.15, -0.1) is 0 Å². The molecule has 14 heavy (non-hydrogen) atoms. The van der Waals surface area contributed by atoms with E-state index in [2.05, 4.69) is 0 Å². The van der Waals surface area contributed by atoms with E-state index in [-0.39, 0.29) is 0 Å². The maximum absolute atomic E-state index is 11.5. The van der Waals surface area contributed by atoms with E-state index in [0.29, 0.717) is 11.3 Å². The van der Waals surface area contributed by atoms with Gasteiger partial charge in [-0.3, -0.25) is 0 Å². The smallest absolute Gasteiger partial charge is 0.227 e. The van der Waals surface area contributed by atoms with Crippen molar-refractivity contribution in [2.24, 2.45) is 0 Å². The van der Waals surface area contributed by atoms with Crippen LogP contribution < -0.4 is 14.9 Å². The topological polar surface area (TPSA) is 36.2 Å².